The molecule has 0 aromatic heterocycles. The van der Waals surface area contributed by atoms with E-state index in [1.807, 2.05) is 0 Å². The van der Waals surface area contributed by atoms with Crippen molar-refractivity contribution in [3.05, 3.63) is 29.8 Å². The predicted octanol–water partition coefficient (Wildman–Crippen LogP) is 1.09. The molecule has 1 rings (SSSR count). The molecule has 0 aliphatic heterocycles. The summed E-state index contributed by atoms with van der Waals surface area (Å²) < 4.78 is 14.8. The Hall–Kier alpha value is -2.26. The number of aliphatic carboxylic acids is 1. The van der Waals surface area contributed by atoms with Crippen LogP contribution >= 0.6 is 0 Å². The second-order valence-electron chi connectivity index (χ2n) is 5.92. The molecule has 3 N–H and O–H groups in total. The molecule has 0 unspecified atom stereocenters. The lowest BCUT2D eigenvalue weighted by atomic mass is 10.1. The third kappa shape index (κ3) is 7.84. The Morgan fingerprint density at radius 2 is 2.04 bits per heavy atom. The van der Waals surface area contributed by atoms with Gasteiger partial charge in [0.1, 0.15) is 17.4 Å². The molecule has 1 aromatic carbocycles. The highest BCUT2D eigenvalue weighted by molar-refractivity contribution is 6.15. The molecule has 0 aliphatic rings. The SMILES string of the molecule is CC(C)(C)OC(=O)N[C@@H](Cc1cccc(OCO[B]O)c1)C(=O)O. The van der Waals surface area contributed by atoms with E-state index >= 15 is 0 Å². The maximum Gasteiger partial charge on any atom is 0.487 e. The zero-order valence-corrected chi connectivity index (χ0v) is 13.8. The summed E-state index contributed by atoms with van der Waals surface area (Å²) in [6, 6.07) is 5.52. The van der Waals surface area contributed by atoms with Gasteiger partial charge in [-0.25, -0.2) is 9.59 Å². The number of hydrogen-bond acceptors (Lipinski definition) is 6. The predicted molar refractivity (Wildman–Crippen MR) is 85.5 cm³/mol. The molecular formula is C15H21BNO7. The fourth-order valence-corrected chi connectivity index (χ4v) is 1.78. The van der Waals surface area contributed by atoms with Crippen molar-refractivity contribution >= 4 is 19.7 Å². The van der Waals surface area contributed by atoms with Crippen LogP contribution in [0.5, 0.6) is 5.75 Å². The Kier molecular flexibility index (Phi) is 7.54. The van der Waals surface area contributed by atoms with Gasteiger partial charge in [-0.05, 0) is 38.5 Å². The summed E-state index contributed by atoms with van der Waals surface area (Å²) in [5.41, 5.74) is -0.0751. The lowest BCUT2D eigenvalue weighted by molar-refractivity contribution is -0.139. The Morgan fingerprint density at radius 3 is 2.62 bits per heavy atom. The van der Waals surface area contributed by atoms with Crippen LogP contribution in [0.2, 0.25) is 0 Å². The number of ether oxygens (including phenoxy) is 2. The van der Waals surface area contributed by atoms with Crippen molar-refractivity contribution in [3.8, 4) is 5.75 Å². The van der Waals surface area contributed by atoms with E-state index in [2.05, 4.69) is 9.97 Å². The number of alkyl carbamates (subject to hydrolysis) is 1. The first-order chi connectivity index (χ1) is 11.2. The Labute approximate surface area is 141 Å². The fraction of sp³-hybridized carbons (Fsp3) is 0.467. The van der Waals surface area contributed by atoms with Crippen LogP contribution in [0, 0.1) is 0 Å². The van der Waals surface area contributed by atoms with Crippen LogP contribution in [-0.2, 0) is 20.6 Å². The zero-order chi connectivity index (χ0) is 18.2. The first-order valence-electron chi connectivity index (χ1n) is 7.23. The fourth-order valence-electron chi connectivity index (χ4n) is 1.78. The number of nitrogens with one attached hydrogen (secondary N) is 1. The molecule has 0 spiro atoms. The molecule has 0 bridgehead atoms. The van der Waals surface area contributed by atoms with E-state index < -0.39 is 23.7 Å². The molecule has 1 atom stereocenters. The Bertz CT molecular complexity index is 559. The van der Waals surface area contributed by atoms with Gasteiger partial charge >= 0.3 is 19.7 Å². The van der Waals surface area contributed by atoms with Crippen LogP contribution < -0.4 is 10.1 Å². The average Bonchev–Trinajstić information content (AvgIpc) is 2.45. The zero-order valence-electron chi connectivity index (χ0n) is 13.8. The highest BCUT2D eigenvalue weighted by Crippen LogP contribution is 2.15. The first kappa shape index (κ1) is 19.8. The van der Waals surface area contributed by atoms with E-state index in [4.69, 9.17) is 14.5 Å². The maximum atomic E-state index is 11.7. The monoisotopic (exact) mass is 338 g/mol. The van der Waals surface area contributed by atoms with E-state index in [1.165, 1.54) is 0 Å². The van der Waals surface area contributed by atoms with Crippen molar-refractivity contribution in [2.75, 3.05) is 6.79 Å². The number of carbonyl (C=O) groups is 2. The maximum absolute atomic E-state index is 11.7. The number of carboxylic acid groups (broad SMARTS) is 1. The van der Waals surface area contributed by atoms with Crippen LogP contribution in [0.1, 0.15) is 26.3 Å². The van der Waals surface area contributed by atoms with E-state index in [1.54, 1.807) is 45.0 Å². The largest absolute Gasteiger partial charge is 0.487 e. The summed E-state index contributed by atoms with van der Waals surface area (Å²) in [4.78, 5) is 23.1. The molecule has 1 amide bonds. The van der Waals surface area contributed by atoms with E-state index in [-0.39, 0.29) is 13.2 Å². The van der Waals surface area contributed by atoms with Gasteiger partial charge < -0.3 is 29.6 Å². The minimum atomic E-state index is -1.18. The number of carbonyl (C=O) groups excluding carboxylic acids is 1. The lowest BCUT2D eigenvalue weighted by Gasteiger charge is -2.22. The van der Waals surface area contributed by atoms with Crippen molar-refractivity contribution in [3.63, 3.8) is 0 Å². The van der Waals surface area contributed by atoms with Gasteiger partial charge in [0.2, 0.25) is 0 Å². The van der Waals surface area contributed by atoms with E-state index in [0.29, 0.717) is 19.0 Å². The van der Waals surface area contributed by atoms with Gasteiger partial charge in [-0.2, -0.15) is 0 Å². The van der Waals surface area contributed by atoms with Crippen LogP contribution in [-0.4, -0.2) is 48.3 Å². The highest BCUT2D eigenvalue weighted by Gasteiger charge is 2.24. The van der Waals surface area contributed by atoms with Crippen molar-refractivity contribution in [1.82, 2.24) is 5.32 Å². The number of hydrogen-bond donors (Lipinski definition) is 3. The van der Waals surface area contributed by atoms with Gasteiger partial charge in [0, 0.05) is 6.42 Å². The van der Waals surface area contributed by atoms with Crippen molar-refractivity contribution in [2.45, 2.75) is 38.8 Å². The van der Waals surface area contributed by atoms with E-state index in [0.717, 1.165) is 0 Å². The molecule has 0 saturated heterocycles. The van der Waals surface area contributed by atoms with Gasteiger partial charge in [-0.1, -0.05) is 12.1 Å². The summed E-state index contributed by atoms with van der Waals surface area (Å²) >= 11 is 0. The summed E-state index contributed by atoms with van der Waals surface area (Å²) in [5, 5.41) is 20.0. The lowest BCUT2D eigenvalue weighted by Crippen LogP contribution is -2.44. The third-order valence-electron chi connectivity index (χ3n) is 2.70. The first-order valence-corrected chi connectivity index (χ1v) is 7.23. The standard InChI is InChI=1S/C15H21BNO7/c1-15(2,3)24-14(20)17-12(13(18)19)8-10-5-4-6-11(7-10)22-9-23-16-21/h4-7,12,21H,8-9H2,1-3H3,(H,17,20)(H,18,19)/t12-/m0/s1. The number of carboxylic acids is 1. The van der Waals surface area contributed by atoms with Gasteiger partial charge in [-0.3, -0.25) is 0 Å². The molecule has 0 heterocycles. The summed E-state index contributed by atoms with van der Waals surface area (Å²) in [6.45, 7) is 4.89. The second-order valence-corrected chi connectivity index (χ2v) is 5.92. The van der Waals surface area contributed by atoms with Crippen LogP contribution in [0.3, 0.4) is 0 Å². The highest BCUT2D eigenvalue weighted by atomic mass is 16.7. The molecule has 9 heteroatoms. The normalized spacial score (nSPS) is 12.2. The molecule has 24 heavy (non-hydrogen) atoms. The minimum Gasteiger partial charge on any atom is -0.480 e. The van der Waals surface area contributed by atoms with Gasteiger partial charge in [0.25, 0.3) is 0 Å². The number of amides is 1. The topological polar surface area (TPSA) is 114 Å². The van der Waals surface area contributed by atoms with Gasteiger partial charge in [-0.15, -0.1) is 0 Å². The smallest absolute Gasteiger partial charge is 0.480 e. The van der Waals surface area contributed by atoms with Crippen molar-refractivity contribution < 1.29 is 33.8 Å². The van der Waals surface area contributed by atoms with Crippen LogP contribution in [0.4, 0.5) is 4.79 Å². The summed E-state index contributed by atoms with van der Waals surface area (Å²) in [6.07, 6.45) is -0.743. The number of benzene rings is 1. The van der Waals surface area contributed by atoms with Crippen LogP contribution in [0.15, 0.2) is 24.3 Å². The molecule has 0 fully saturated rings. The molecule has 1 aromatic rings. The second kappa shape index (κ2) is 9.14. The summed E-state index contributed by atoms with van der Waals surface area (Å²) in [5.74, 6) is -0.735. The molecule has 0 aliphatic carbocycles. The van der Waals surface area contributed by atoms with Gasteiger partial charge in [0.15, 0.2) is 6.79 Å². The third-order valence-corrected chi connectivity index (χ3v) is 2.70. The van der Waals surface area contributed by atoms with Gasteiger partial charge in [0.05, 0.1) is 0 Å². The molecule has 131 valence electrons. The van der Waals surface area contributed by atoms with Crippen molar-refractivity contribution in [1.29, 1.82) is 0 Å². The quantitative estimate of drug-likeness (QED) is 0.369. The Balaban J connectivity index is 2.69. The molecule has 0 saturated carbocycles. The molecule has 1 radical (unpaired) electrons. The minimum absolute atomic E-state index is 0.0543. The number of rotatable bonds is 8. The molecule has 8 nitrogen and oxygen atoms in total. The average molecular weight is 338 g/mol. The van der Waals surface area contributed by atoms with E-state index in [9.17, 15) is 14.7 Å². The summed E-state index contributed by atoms with van der Waals surface area (Å²) in [7, 11) is 0.509. The van der Waals surface area contributed by atoms with Crippen molar-refractivity contribution in [2.24, 2.45) is 0 Å². The molecular weight excluding hydrogens is 317 g/mol. The van der Waals surface area contributed by atoms with Crippen LogP contribution in [0.25, 0.3) is 0 Å². The Morgan fingerprint density at radius 1 is 1.33 bits per heavy atom.